The first-order valence-corrected chi connectivity index (χ1v) is 11.8. The van der Waals surface area contributed by atoms with Crippen molar-refractivity contribution < 1.29 is 17.9 Å². The van der Waals surface area contributed by atoms with E-state index < -0.39 is 10.0 Å². The van der Waals surface area contributed by atoms with E-state index >= 15 is 0 Å². The van der Waals surface area contributed by atoms with Gasteiger partial charge in [0.25, 0.3) is 0 Å². The van der Waals surface area contributed by atoms with E-state index in [2.05, 4.69) is 5.32 Å². The molecule has 1 heterocycles. The molecular formula is C23H27N3O4S. The summed E-state index contributed by atoms with van der Waals surface area (Å²) in [5, 5.41) is 12.1. The summed E-state index contributed by atoms with van der Waals surface area (Å²) in [6.07, 6.45) is 1.64. The maximum Gasteiger partial charge on any atom is 0.244 e. The van der Waals surface area contributed by atoms with Crippen LogP contribution in [0.25, 0.3) is 0 Å². The first-order chi connectivity index (χ1) is 15.0. The molecule has 164 valence electrons. The summed E-state index contributed by atoms with van der Waals surface area (Å²) < 4.78 is 32.7. The van der Waals surface area contributed by atoms with Gasteiger partial charge in [0, 0.05) is 32.2 Å². The van der Waals surface area contributed by atoms with E-state index in [9.17, 15) is 18.5 Å². The van der Waals surface area contributed by atoms with Crippen molar-refractivity contribution in [3.8, 4) is 6.07 Å². The number of hydrogen-bond acceptors (Lipinski definition) is 5. The first-order valence-electron chi connectivity index (χ1n) is 10.4. The number of ether oxygens (including phenoxy) is 1. The summed E-state index contributed by atoms with van der Waals surface area (Å²) >= 11 is 0. The van der Waals surface area contributed by atoms with Crippen molar-refractivity contribution in [1.82, 2.24) is 9.62 Å². The molecule has 0 radical (unpaired) electrons. The summed E-state index contributed by atoms with van der Waals surface area (Å²) in [6.45, 7) is 2.17. The second-order valence-electron chi connectivity index (χ2n) is 7.47. The average molecular weight is 442 g/mol. The molecule has 1 N–H and O–H groups in total. The van der Waals surface area contributed by atoms with Crippen LogP contribution in [0.3, 0.4) is 0 Å². The van der Waals surface area contributed by atoms with Crippen LogP contribution in [0.4, 0.5) is 0 Å². The Balaban J connectivity index is 1.39. The van der Waals surface area contributed by atoms with Crippen LogP contribution < -0.4 is 5.32 Å². The number of nitriles is 1. The molecule has 1 aliphatic heterocycles. The molecule has 1 saturated heterocycles. The molecule has 1 amide bonds. The van der Waals surface area contributed by atoms with Crippen LogP contribution in [-0.2, 0) is 26.2 Å². The summed E-state index contributed by atoms with van der Waals surface area (Å²) in [7, 11) is -3.74. The van der Waals surface area contributed by atoms with Gasteiger partial charge < -0.3 is 10.1 Å². The zero-order valence-electron chi connectivity index (χ0n) is 17.4. The molecule has 31 heavy (non-hydrogen) atoms. The van der Waals surface area contributed by atoms with Gasteiger partial charge in [0.2, 0.25) is 15.9 Å². The van der Waals surface area contributed by atoms with Crippen LogP contribution in [0.15, 0.2) is 59.5 Å². The summed E-state index contributed by atoms with van der Waals surface area (Å²) in [4.78, 5) is 12.4. The zero-order valence-corrected chi connectivity index (χ0v) is 18.2. The number of nitrogens with one attached hydrogen (secondary N) is 1. The van der Waals surface area contributed by atoms with Crippen molar-refractivity contribution in [3.05, 3.63) is 65.7 Å². The molecule has 0 bridgehead atoms. The van der Waals surface area contributed by atoms with Crippen molar-refractivity contribution in [3.63, 3.8) is 0 Å². The van der Waals surface area contributed by atoms with Crippen LogP contribution >= 0.6 is 0 Å². The molecule has 2 aromatic rings. The van der Waals surface area contributed by atoms with Crippen molar-refractivity contribution in [1.29, 1.82) is 5.26 Å². The lowest BCUT2D eigenvalue weighted by Gasteiger charge is -2.30. The van der Waals surface area contributed by atoms with Crippen LogP contribution in [-0.4, -0.2) is 44.9 Å². The molecule has 2 aromatic carbocycles. The average Bonchev–Trinajstić information content (AvgIpc) is 2.81. The van der Waals surface area contributed by atoms with E-state index in [0.29, 0.717) is 32.6 Å². The Bertz CT molecular complexity index is 1010. The molecule has 0 aliphatic carbocycles. The topological polar surface area (TPSA) is 99.5 Å². The van der Waals surface area contributed by atoms with Crippen LogP contribution in [0.5, 0.6) is 0 Å². The van der Waals surface area contributed by atoms with Gasteiger partial charge >= 0.3 is 0 Å². The molecule has 0 atom stereocenters. The van der Waals surface area contributed by atoms with Gasteiger partial charge in [-0.1, -0.05) is 42.5 Å². The summed E-state index contributed by atoms with van der Waals surface area (Å²) in [6, 6.07) is 18.0. The lowest BCUT2D eigenvalue weighted by Crippen LogP contribution is -2.43. The molecule has 0 aromatic heterocycles. The van der Waals surface area contributed by atoms with Crippen molar-refractivity contribution in [2.24, 2.45) is 5.92 Å². The largest absolute Gasteiger partial charge is 0.377 e. The van der Waals surface area contributed by atoms with Gasteiger partial charge in [-0.2, -0.15) is 9.57 Å². The number of nitrogens with zero attached hydrogens (tertiary/aromatic N) is 2. The monoisotopic (exact) mass is 441 g/mol. The Kier molecular flexibility index (Phi) is 8.18. The maximum absolute atomic E-state index is 12.9. The highest BCUT2D eigenvalue weighted by Gasteiger charge is 2.33. The number of benzene rings is 2. The lowest BCUT2D eigenvalue weighted by atomic mass is 9.97. The smallest absolute Gasteiger partial charge is 0.244 e. The first kappa shape index (κ1) is 22.9. The van der Waals surface area contributed by atoms with E-state index in [-0.39, 0.29) is 35.4 Å². The normalized spacial score (nSPS) is 15.3. The molecular weight excluding hydrogens is 414 g/mol. The van der Waals surface area contributed by atoms with Crippen molar-refractivity contribution in [2.75, 3.05) is 26.2 Å². The Morgan fingerprint density at radius 3 is 2.48 bits per heavy atom. The predicted molar refractivity (Wildman–Crippen MR) is 116 cm³/mol. The summed E-state index contributed by atoms with van der Waals surface area (Å²) in [5.41, 5.74) is 1.25. The van der Waals surface area contributed by atoms with Gasteiger partial charge in [0.1, 0.15) is 6.07 Å². The highest BCUT2D eigenvalue weighted by molar-refractivity contribution is 7.89. The molecule has 7 nitrogen and oxygen atoms in total. The van der Waals surface area contributed by atoms with E-state index in [1.54, 1.807) is 12.1 Å². The zero-order chi connectivity index (χ0) is 22.1. The fourth-order valence-electron chi connectivity index (χ4n) is 3.58. The van der Waals surface area contributed by atoms with Gasteiger partial charge in [-0.05, 0) is 37.0 Å². The van der Waals surface area contributed by atoms with E-state index in [1.165, 1.54) is 16.4 Å². The number of carbonyl (C=O) groups excluding carboxylic acids is 1. The van der Waals surface area contributed by atoms with E-state index in [4.69, 9.17) is 4.74 Å². The van der Waals surface area contributed by atoms with Crippen molar-refractivity contribution >= 4 is 15.9 Å². The highest BCUT2D eigenvalue weighted by atomic mass is 32.2. The van der Waals surface area contributed by atoms with Crippen molar-refractivity contribution in [2.45, 2.75) is 30.8 Å². The predicted octanol–water partition coefficient (Wildman–Crippen LogP) is 2.68. The molecule has 0 spiro atoms. The molecule has 0 saturated carbocycles. The van der Waals surface area contributed by atoms with Gasteiger partial charge in [0.05, 0.1) is 17.1 Å². The van der Waals surface area contributed by atoms with E-state index in [0.717, 1.165) is 12.0 Å². The van der Waals surface area contributed by atoms with E-state index in [1.807, 2.05) is 36.4 Å². The Labute approximate surface area is 183 Å². The molecule has 3 rings (SSSR count). The minimum atomic E-state index is -3.74. The second-order valence-corrected chi connectivity index (χ2v) is 9.38. The second kappa shape index (κ2) is 11.0. The number of hydrogen-bond donors (Lipinski definition) is 1. The fourth-order valence-corrected chi connectivity index (χ4v) is 5.19. The lowest BCUT2D eigenvalue weighted by molar-refractivity contribution is -0.126. The number of rotatable bonds is 9. The molecule has 1 fully saturated rings. The Hall–Kier alpha value is -2.73. The number of amides is 1. The number of carbonyl (C=O) groups is 1. The maximum atomic E-state index is 12.9. The third-order valence-electron chi connectivity index (χ3n) is 5.33. The van der Waals surface area contributed by atoms with Crippen LogP contribution in [0.1, 0.15) is 30.4 Å². The Morgan fingerprint density at radius 2 is 1.77 bits per heavy atom. The van der Waals surface area contributed by atoms with Gasteiger partial charge in [-0.15, -0.1) is 0 Å². The Morgan fingerprint density at radius 1 is 1.10 bits per heavy atom. The summed E-state index contributed by atoms with van der Waals surface area (Å²) in [5.74, 6) is -0.250. The standard InChI is InChI=1S/C23H27N3O4S/c24-17-21-9-4-5-10-22(21)31(28,29)26-14-11-20(12-15-26)23(27)25-13-6-16-30-18-19-7-2-1-3-8-19/h1-5,7-10,20H,6,11-16,18H2,(H,25,27). The fraction of sp³-hybridized carbons (Fsp3) is 0.391. The van der Waals surface area contributed by atoms with Crippen LogP contribution in [0, 0.1) is 17.2 Å². The number of piperidine rings is 1. The molecule has 8 heteroatoms. The molecule has 0 unspecified atom stereocenters. The van der Waals surface area contributed by atoms with Gasteiger partial charge in [-0.3, -0.25) is 4.79 Å². The minimum Gasteiger partial charge on any atom is -0.377 e. The minimum absolute atomic E-state index is 0.0240. The molecule has 1 aliphatic rings. The quantitative estimate of drug-likeness (QED) is 0.603. The number of sulfonamides is 1. The van der Waals surface area contributed by atoms with Gasteiger partial charge in [0.15, 0.2) is 0 Å². The van der Waals surface area contributed by atoms with Gasteiger partial charge in [-0.25, -0.2) is 8.42 Å². The highest BCUT2D eigenvalue weighted by Crippen LogP contribution is 2.25. The SMILES string of the molecule is N#Cc1ccccc1S(=O)(=O)N1CCC(C(=O)NCCCOCc2ccccc2)CC1. The van der Waals surface area contributed by atoms with Crippen LogP contribution in [0.2, 0.25) is 0 Å². The third kappa shape index (κ3) is 6.14. The third-order valence-corrected chi connectivity index (χ3v) is 7.28.